The largest absolute Gasteiger partial charge is 0.497 e. The summed E-state index contributed by atoms with van der Waals surface area (Å²) in [6.07, 6.45) is 3.19. The summed E-state index contributed by atoms with van der Waals surface area (Å²) in [5.74, 6) is -1.15. The lowest BCUT2D eigenvalue weighted by Crippen LogP contribution is -2.50. The Morgan fingerprint density at radius 3 is 2.36 bits per heavy atom. The number of methoxy groups -OCH3 is 1. The number of carbonyl (C=O) groups is 4. The van der Waals surface area contributed by atoms with E-state index in [2.05, 4.69) is 10.6 Å². The number of amides is 2. The highest BCUT2D eigenvalue weighted by Gasteiger charge is 2.50. The summed E-state index contributed by atoms with van der Waals surface area (Å²) in [7, 11) is 1.58. The van der Waals surface area contributed by atoms with Crippen molar-refractivity contribution in [2.24, 2.45) is 5.92 Å². The molecule has 3 heterocycles. The molecule has 0 bridgehead atoms. The SMILES string of the molecule is COc1ccc(CC(CC(=O)C(C)NC(=O)CN2CCOCC2)C(=O)NC(CC2=CCOCC2)C(=O)C2(C)CO2)cc1. The van der Waals surface area contributed by atoms with Crippen molar-refractivity contribution in [2.75, 3.05) is 59.8 Å². The van der Waals surface area contributed by atoms with Crippen LogP contribution in [-0.2, 0) is 39.8 Å². The highest BCUT2D eigenvalue weighted by Crippen LogP contribution is 2.30. The monoisotopic (exact) mass is 585 g/mol. The van der Waals surface area contributed by atoms with Crippen LogP contribution < -0.4 is 15.4 Å². The summed E-state index contributed by atoms with van der Waals surface area (Å²) in [6, 6.07) is 5.75. The van der Waals surface area contributed by atoms with Gasteiger partial charge in [0.15, 0.2) is 11.6 Å². The zero-order valence-electron chi connectivity index (χ0n) is 24.8. The third kappa shape index (κ3) is 9.19. The van der Waals surface area contributed by atoms with Crippen molar-refractivity contribution in [2.45, 2.75) is 57.2 Å². The van der Waals surface area contributed by atoms with E-state index in [0.717, 1.165) is 11.1 Å². The summed E-state index contributed by atoms with van der Waals surface area (Å²) >= 11 is 0. The molecule has 3 aliphatic rings. The second-order valence-electron chi connectivity index (χ2n) is 11.4. The highest BCUT2D eigenvalue weighted by atomic mass is 16.6. The maximum atomic E-state index is 13.8. The fourth-order valence-corrected chi connectivity index (χ4v) is 5.18. The third-order valence-electron chi connectivity index (χ3n) is 8.05. The zero-order chi connectivity index (χ0) is 30.1. The Morgan fingerprint density at radius 2 is 1.74 bits per heavy atom. The Morgan fingerprint density at radius 1 is 1.02 bits per heavy atom. The van der Waals surface area contributed by atoms with Crippen LogP contribution in [0.4, 0.5) is 0 Å². The second kappa shape index (κ2) is 14.9. The van der Waals surface area contributed by atoms with E-state index in [1.54, 1.807) is 33.1 Å². The van der Waals surface area contributed by atoms with Crippen LogP contribution in [0.5, 0.6) is 5.75 Å². The molecule has 0 saturated carbocycles. The number of epoxide rings is 1. The molecule has 4 unspecified atom stereocenters. The normalized spacial score (nSPS) is 22.7. The number of hydrogen-bond acceptors (Lipinski definition) is 9. The van der Waals surface area contributed by atoms with Gasteiger partial charge in [-0.25, -0.2) is 0 Å². The number of ether oxygens (including phenoxy) is 4. The molecule has 3 aliphatic heterocycles. The van der Waals surface area contributed by atoms with Gasteiger partial charge < -0.3 is 29.6 Å². The lowest BCUT2D eigenvalue weighted by molar-refractivity contribution is -0.134. The van der Waals surface area contributed by atoms with Crippen LogP contribution in [0.3, 0.4) is 0 Å². The quantitative estimate of drug-likeness (QED) is 0.230. The zero-order valence-corrected chi connectivity index (χ0v) is 24.8. The van der Waals surface area contributed by atoms with Crippen molar-refractivity contribution in [1.29, 1.82) is 0 Å². The van der Waals surface area contributed by atoms with Gasteiger partial charge in [0, 0.05) is 25.4 Å². The van der Waals surface area contributed by atoms with Crippen molar-refractivity contribution in [3.8, 4) is 5.75 Å². The van der Waals surface area contributed by atoms with E-state index in [4.69, 9.17) is 18.9 Å². The third-order valence-corrected chi connectivity index (χ3v) is 8.05. The number of rotatable bonds is 15. The molecule has 0 aromatic heterocycles. The highest BCUT2D eigenvalue weighted by molar-refractivity contribution is 5.98. The van der Waals surface area contributed by atoms with Crippen molar-refractivity contribution in [3.05, 3.63) is 41.5 Å². The molecule has 42 heavy (non-hydrogen) atoms. The van der Waals surface area contributed by atoms with Crippen LogP contribution in [0, 0.1) is 5.92 Å². The number of hydrogen-bond donors (Lipinski definition) is 2. The molecule has 2 fully saturated rings. The van der Waals surface area contributed by atoms with Crippen molar-refractivity contribution >= 4 is 23.4 Å². The molecule has 1 aromatic carbocycles. The first-order chi connectivity index (χ1) is 20.2. The van der Waals surface area contributed by atoms with Crippen LogP contribution in [-0.4, -0.2) is 106 Å². The molecule has 4 rings (SSSR count). The molecule has 2 saturated heterocycles. The first kappa shape index (κ1) is 31.8. The molecule has 11 heteroatoms. The van der Waals surface area contributed by atoms with Gasteiger partial charge in [-0.3, -0.25) is 24.1 Å². The molecule has 11 nitrogen and oxygen atoms in total. The van der Waals surface area contributed by atoms with E-state index in [1.807, 2.05) is 23.1 Å². The lowest BCUT2D eigenvalue weighted by Gasteiger charge is -2.27. The molecule has 0 radical (unpaired) electrons. The summed E-state index contributed by atoms with van der Waals surface area (Å²) in [5.41, 5.74) is 0.980. The van der Waals surface area contributed by atoms with Crippen molar-refractivity contribution in [1.82, 2.24) is 15.5 Å². The molecule has 2 N–H and O–H groups in total. The van der Waals surface area contributed by atoms with Gasteiger partial charge >= 0.3 is 0 Å². The number of nitrogens with zero attached hydrogens (tertiary/aromatic N) is 1. The van der Waals surface area contributed by atoms with Gasteiger partial charge in [0.2, 0.25) is 11.8 Å². The Kier molecular flexibility index (Phi) is 11.3. The van der Waals surface area contributed by atoms with Gasteiger partial charge in [-0.2, -0.15) is 0 Å². The van der Waals surface area contributed by atoms with Crippen LogP contribution in [0.1, 0.15) is 38.7 Å². The predicted molar refractivity (Wildman–Crippen MR) is 154 cm³/mol. The minimum atomic E-state index is -0.912. The summed E-state index contributed by atoms with van der Waals surface area (Å²) in [5, 5.41) is 5.74. The van der Waals surface area contributed by atoms with Gasteiger partial charge in [0.25, 0.3) is 0 Å². The van der Waals surface area contributed by atoms with Gasteiger partial charge in [-0.1, -0.05) is 23.8 Å². The fraction of sp³-hybridized carbons (Fsp3) is 0.613. The van der Waals surface area contributed by atoms with Crippen molar-refractivity contribution < 1.29 is 38.1 Å². The maximum absolute atomic E-state index is 13.8. The predicted octanol–water partition coefficient (Wildman–Crippen LogP) is 1.23. The lowest BCUT2D eigenvalue weighted by atomic mass is 9.89. The number of Topliss-reactive ketones (excluding diaryl/α,β-unsaturated/α-hetero) is 2. The topological polar surface area (TPSA) is 136 Å². The van der Waals surface area contributed by atoms with E-state index in [1.165, 1.54) is 0 Å². The maximum Gasteiger partial charge on any atom is 0.234 e. The molecular formula is C31H43N3O8. The number of morpholine rings is 1. The summed E-state index contributed by atoms with van der Waals surface area (Å²) < 4.78 is 21.4. The van der Waals surface area contributed by atoms with Gasteiger partial charge in [-0.05, 0) is 50.8 Å². The number of benzene rings is 1. The number of nitrogens with one attached hydrogen (secondary N) is 2. The molecule has 0 spiro atoms. The average molecular weight is 586 g/mol. The van der Waals surface area contributed by atoms with E-state index in [9.17, 15) is 19.2 Å². The molecular weight excluding hydrogens is 542 g/mol. The van der Waals surface area contributed by atoms with Gasteiger partial charge in [0.1, 0.15) is 11.4 Å². The smallest absolute Gasteiger partial charge is 0.234 e. The molecule has 0 aliphatic carbocycles. The molecule has 2 amide bonds. The Bertz CT molecular complexity index is 1140. The van der Waals surface area contributed by atoms with E-state index in [-0.39, 0.29) is 42.8 Å². The summed E-state index contributed by atoms with van der Waals surface area (Å²) in [4.78, 5) is 55.1. The standard InChI is InChI=1S/C31H43N3O8/c1-21(32-28(36)19-34-10-14-41-15-11-34)27(35)18-24(16-22-4-6-25(39-3)7-5-22)30(38)33-26(29(37)31(2)20-42-31)17-23-8-12-40-13-9-23/h4-8,21,24,26H,9-20H2,1-3H3,(H,32,36)(H,33,38). The Balaban J connectivity index is 1.45. The van der Waals surface area contributed by atoms with Crippen LogP contribution in [0.25, 0.3) is 0 Å². The Labute approximate surface area is 247 Å². The molecule has 4 atom stereocenters. The number of carbonyl (C=O) groups excluding carboxylic acids is 4. The Hall–Kier alpha value is -3.12. The fourth-order valence-electron chi connectivity index (χ4n) is 5.18. The molecule has 230 valence electrons. The van der Waals surface area contributed by atoms with Crippen LogP contribution in [0.2, 0.25) is 0 Å². The van der Waals surface area contributed by atoms with Crippen LogP contribution >= 0.6 is 0 Å². The first-order valence-corrected chi connectivity index (χ1v) is 14.7. The number of ketones is 2. The van der Waals surface area contributed by atoms with E-state index in [0.29, 0.717) is 64.7 Å². The average Bonchev–Trinajstić information content (AvgIpc) is 3.75. The van der Waals surface area contributed by atoms with Crippen LogP contribution in [0.15, 0.2) is 35.9 Å². The van der Waals surface area contributed by atoms with Gasteiger partial charge in [-0.15, -0.1) is 0 Å². The minimum Gasteiger partial charge on any atom is -0.497 e. The van der Waals surface area contributed by atoms with Gasteiger partial charge in [0.05, 0.1) is 58.8 Å². The molecule has 1 aromatic rings. The first-order valence-electron chi connectivity index (χ1n) is 14.7. The minimum absolute atomic E-state index is 0.0952. The van der Waals surface area contributed by atoms with Crippen molar-refractivity contribution in [3.63, 3.8) is 0 Å². The van der Waals surface area contributed by atoms with E-state index >= 15 is 0 Å². The summed E-state index contributed by atoms with van der Waals surface area (Å²) in [6.45, 7) is 7.37. The second-order valence-corrected chi connectivity index (χ2v) is 11.4. The van der Waals surface area contributed by atoms with E-state index < -0.39 is 23.6 Å².